The van der Waals surface area contributed by atoms with Gasteiger partial charge in [-0.1, -0.05) is 68.3 Å². The summed E-state index contributed by atoms with van der Waals surface area (Å²) >= 11 is 0. The number of carboxylic acids is 1. The molecular formula is C28H34N2O5. The monoisotopic (exact) mass is 478 g/mol. The molecule has 4 rings (SSSR count). The average Bonchev–Trinajstić information content (AvgIpc) is 3.64. The first-order chi connectivity index (χ1) is 16.8. The number of fused-ring (bicyclic) bond motifs is 3. The third kappa shape index (κ3) is 5.66. The molecule has 7 nitrogen and oxygen atoms in total. The highest BCUT2D eigenvalue weighted by Gasteiger charge is 2.45. The summed E-state index contributed by atoms with van der Waals surface area (Å²) in [7, 11) is 0. The number of benzene rings is 2. The molecule has 2 aromatic rings. The number of nitrogens with one attached hydrogen (secondary N) is 2. The number of hydrogen-bond acceptors (Lipinski definition) is 4. The van der Waals surface area contributed by atoms with E-state index in [-0.39, 0.29) is 30.8 Å². The van der Waals surface area contributed by atoms with Crippen molar-refractivity contribution in [2.24, 2.45) is 5.92 Å². The van der Waals surface area contributed by atoms with Crippen LogP contribution in [0.25, 0.3) is 11.1 Å². The van der Waals surface area contributed by atoms with Crippen LogP contribution in [0.3, 0.4) is 0 Å². The fourth-order valence-corrected chi connectivity index (χ4v) is 5.12. The molecule has 1 unspecified atom stereocenters. The number of amides is 2. The molecule has 1 saturated carbocycles. The first-order valence-electron chi connectivity index (χ1n) is 12.5. The van der Waals surface area contributed by atoms with Crippen LogP contribution < -0.4 is 10.6 Å². The normalized spacial score (nSPS) is 17.0. The smallest absolute Gasteiger partial charge is 0.407 e. The molecule has 186 valence electrons. The summed E-state index contributed by atoms with van der Waals surface area (Å²) in [6.45, 7) is 4.02. The van der Waals surface area contributed by atoms with Crippen LogP contribution in [0, 0.1) is 5.92 Å². The van der Waals surface area contributed by atoms with Crippen LogP contribution in [0.5, 0.6) is 0 Å². The van der Waals surface area contributed by atoms with Gasteiger partial charge < -0.3 is 20.5 Å². The lowest BCUT2D eigenvalue weighted by atomic mass is 9.91. The number of carbonyl (C=O) groups is 3. The highest BCUT2D eigenvalue weighted by atomic mass is 16.5. The van der Waals surface area contributed by atoms with Gasteiger partial charge in [-0.3, -0.25) is 4.79 Å². The van der Waals surface area contributed by atoms with Gasteiger partial charge in [0.25, 0.3) is 0 Å². The Morgan fingerprint density at radius 3 is 2.20 bits per heavy atom. The summed E-state index contributed by atoms with van der Waals surface area (Å²) in [5.74, 6) is -1.29. The molecule has 3 N–H and O–H groups in total. The van der Waals surface area contributed by atoms with E-state index >= 15 is 0 Å². The second-order valence-electron chi connectivity index (χ2n) is 9.92. The van der Waals surface area contributed by atoms with E-state index in [4.69, 9.17) is 4.74 Å². The van der Waals surface area contributed by atoms with E-state index in [2.05, 4.69) is 34.9 Å². The van der Waals surface area contributed by atoms with E-state index in [1.807, 2.05) is 38.1 Å². The van der Waals surface area contributed by atoms with Crippen LogP contribution in [-0.2, 0) is 14.3 Å². The van der Waals surface area contributed by atoms with Gasteiger partial charge >= 0.3 is 12.1 Å². The summed E-state index contributed by atoms with van der Waals surface area (Å²) in [5.41, 5.74) is 3.80. The van der Waals surface area contributed by atoms with Gasteiger partial charge in [0.05, 0.1) is 5.54 Å². The molecular weight excluding hydrogens is 444 g/mol. The molecule has 0 heterocycles. The van der Waals surface area contributed by atoms with E-state index in [0.29, 0.717) is 6.42 Å². The van der Waals surface area contributed by atoms with Gasteiger partial charge in [0.2, 0.25) is 5.91 Å². The van der Waals surface area contributed by atoms with E-state index in [0.717, 1.165) is 47.9 Å². The first kappa shape index (κ1) is 24.8. The lowest BCUT2D eigenvalue weighted by Gasteiger charge is -2.31. The van der Waals surface area contributed by atoms with Crippen molar-refractivity contribution in [1.29, 1.82) is 0 Å². The van der Waals surface area contributed by atoms with Crippen molar-refractivity contribution in [3.63, 3.8) is 0 Å². The summed E-state index contributed by atoms with van der Waals surface area (Å²) < 4.78 is 5.69. The Bertz CT molecular complexity index is 1050. The average molecular weight is 479 g/mol. The maximum Gasteiger partial charge on any atom is 0.407 e. The van der Waals surface area contributed by atoms with Crippen LogP contribution in [-0.4, -0.2) is 41.3 Å². The minimum atomic E-state index is -1.04. The Morgan fingerprint density at radius 1 is 1.06 bits per heavy atom. The predicted molar refractivity (Wildman–Crippen MR) is 133 cm³/mol. The van der Waals surface area contributed by atoms with Gasteiger partial charge in [0, 0.05) is 12.3 Å². The molecule has 2 aliphatic rings. The Balaban J connectivity index is 1.38. The second-order valence-corrected chi connectivity index (χ2v) is 9.92. The number of carboxylic acid groups (broad SMARTS) is 1. The topological polar surface area (TPSA) is 105 Å². The quantitative estimate of drug-likeness (QED) is 0.429. The lowest BCUT2D eigenvalue weighted by molar-refractivity contribution is -0.142. The van der Waals surface area contributed by atoms with E-state index < -0.39 is 23.6 Å². The number of unbranched alkanes of at least 4 members (excludes halogenated alkanes) is 1. The molecule has 0 bridgehead atoms. The maximum atomic E-state index is 12.9. The van der Waals surface area contributed by atoms with Crippen molar-refractivity contribution in [1.82, 2.24) is 10.6 Å². The van der Waals surface area contributed by atoms with E-state index in [1.165, 1.54) is 0 Å². The summed E-state index contributed by atoms with van der Waals surface area (Å²) in [6.07, 6.45) is 3.22. The Kier molecular flexibility index (Phi) is 7.43. The molecule has 0 aromatic heterocycles. The third-order valence-corrected chi connectivity index (χ3v) is 7.22. The Labute approximate surface area is 206 Å². The number of carbonyl (C=O) groups excluding carboxylic acids is 2. The van der Waals surface area contributed by atoms with Gasteiger partial charge in [-0.05, 0) is 54.4 Å². The maximum absolute atomic E-state index is 12.9. The highest BCUT2D eigenvalue weighted by molar-refractivity contribution is 5.85. The minimum absolute atomic E-state index is 0.0117. The van der Waals surface area contributed by atoms with Gasteiger partial charge in [-0.15, -0.1) is 0 Å². The predicted octanol–water partition coefficient (Wildman–Crippen LogP) is 4.84. The van der Waals surface area contributed by atoms with Crippen LogP contribution >= 0.6 is 0 Å². The van der Waals surface area contributed by atoms with E-state index in [9.17, 15) is 19.5 Å². The minimum Gasteiger partial charge on any atom is -0.480 e. The molecule has 0 radical (unpaired) electrons. The molecule has 0 aliphatic heterocycles. The van der Waals surface area contributed by atoms with Crippen molar-refractivity contribution in [2.75, 3.05) is 6.61 Å². The zero-order chi connectivity index (χ0) is 25.0. The Hall–Kier alpha value is -3.35. The zero-order valence-electron chi connectivity index (χ0n) is 20.4. The van der Waals surface area contributed by atoms with Gasteiger partial charge in [-0.25, -0.2) is 9.59 Å². The van der Waals surface area contributed by atoms with Crippen LogP contribution in [0.4, 0.5) is 4.79 Å². The van der Waals surface area contributed by atoms with Crippen molar-refractivity contribution >= 4 is 18.0 Å². The van der Waals surface area contributed by atoms with Gasteiger partial charge in [0.1, 0.15) is 12.6 Å². The molecule has 2 amide bonds. The molecule has 0 saturated heterocycles. The summed E-state index contributed by atoms with van der Waals surface area (Å²) in [6, 6.07) is 15.4. The van der Waals surface area contributed by atoms with Crippen molar-refractivity contribution in [2.45, 2.75) is 69.9 Å². The van der Waals surface area contributed by atoms with Crippen LogP contribution in [0.1, 0.15) is 69.4 Å². The van der Waals surface area contributed by atoms with Crippen LogP contribution in [0.2, 0.25) is 0 Å². The fourth-order valence-electron chi connectivity index (χ4n) is 5.12. The van der Waals surface area contributed by atoms with Crippen LogP contribution in [0.15, 0.2) is 48.5 Å². The van der Waals surface area contributed by atoms with Crippen molar-refractivity contribution < 1.29 is 24.2 Å². The highest BCUT2D eigenvalue weighted by Crippen LogP contribution is 2.45. The summed E-state index contributed by atoms with van der Waals surface area (Å²) in [4.78, 5) is 37.1. The van der Waals surface area contributed by atoms with Crippen molar-refractivity contribution in [3.05, 3.63) is 59.7 Å². The molecule has 35 heavy (non-hydrogen) atoms. The molecule has 2 aromatic carbocycles. The zero-order valence-corrected chi connectivity index (χ0v) is 20.4. The molecule has 2 aliphatic carbocycles. The van der Waals surface area contributed by atoms with Gasteiger partial charge in [0.15, 0.2) is 0 Å². The second kappa shape index (κ2) is 10.5. The fraction of sp³-hybridized carbons (Fsp3) is 0.464. The number of rotatable bonds is 11. The Morgan fingerprint density at radius 2 is 1.66 bits per heavy atom. The SMILES string of the molecule is CCCC[C@H](NC(=O)CC(C)(NC(=O)OCC1c2ccccc2-c2ccccc21)C1CC1)C(=O)O. The molecule has 7 heteroatoms. The van der Waals surface area contributed by atoms with Gasteiger partial charge in [-0.2, -0.15) is 0 Å². The largest absolute Gasteiger partial charge is 0.480 e. The molecule has 1 fully saturated rings. The third-order valence-electron chi connectivity index (χ3n) is 7.22. The number of alkyl carbamates (subject to hydrolysis) is 1. The molecule has 2 atom stereocenters. The first-order valence-corrected chi connectivity index (χ1v) is 12.5. The number of aliphatic carboxylic acids is 1. The summed E-state index contributed by atoms with van der Waals surface area (Å²) in [5, 5.41) is 15.0. The standard InChI is InChI=1S/C28H34N2O5/c1-3-4-13-24(26(32)33)29-25(31)16-28(2,18-14-15-18)30-27(34)35-17-23-21-11-7-5-9-19(21)20-10-6-8-12-22(20)23/h5-12,18,23-24H,3-4,13-17H2,1-2H3,(H,29,31)(H,30,34)(H,32,33)/t24-,28?/m0/s1. The van der Waals surface area contributed by atoms with E-state index in [1.54, 1.807) is 0 Å². The molecule has 0 spiro atoms. The number of hydrogen-bond donors (Lipinski definition) is 3. The number of ether oxygens (including phenoxy) is 1. The lowest BCUT2D eigenvalue weighted by Crippen LogP contribution is -2.52. The van der Waals surface area contributed by atoms with Crippen molar-refractivity contribution in [3.8, 4) is 11.1 Å².